The molecule has 1 aromatic carbocycles. The molecule has 1 atom stereocenters. The molecule has 0 saturated carbocycles. The van der Waals surface area contributed by atoms with Gasteiger partial charge in [-0.25, -0.2) is 4.79 Å². The second-order valence-electron chi connectivity index (χ2n) is 6.70. The topological polar surface area (TPSA) is 52.6 Å². The van der Waals surface area contributed by atoms with E-state index in [1.54, 1.807) is 0 Å². The van der Waals surface area contributed by atoms with Crippen LogP contribution >= 0.6 is 0 Å². The van der Waals surface area contributed by atoms with E-state index in [9.17, 15) is 4.79 Å². The van der Waals surface area contributed by atoms with E-state index in [2.05, 4.69) is 23.5 Å². The van der Waals surface area contributed by atoms with Crippen molar-refractivity contribution in [3.8, 4) is 0 Å². The molecule has 1 unspecified atom stereocenters. The number of nitrogens with one attached hydrogen (secondary N) is 1. The van der Waals surface area contributed by atoms with Crippen LogP contribution in [-0.4, -0.2) is 34.7 Å². The Bertz CT molecular complexity index is 494. The number of fused-ring (bicyclic) bond motifs is 1. The monoisotopic (exact) mass is 290 g/mol. The SMILES string of the molecule is CC(C)(C)NC(=O)N(CCCO)C1CCc2ccccc21. The lowest BCUT2D eigenvalue weighted by atomic mass is 10.1. The van der Waals surface area contributed by atoms with Gasteiger partial charge in [-0.05, 0) is 51.2 Å². The molecule has 2 amide bonds. The predicted molar refractivity (Wildman–Crippen MR) is 84.2 cm³/mol. The van der Waals surface area contributed by atoms with Crippen molar-refractivity contribution in [1.29, 1.82) is 0 Å². The highest BCUT2D eigenvalue weighted by Crippen LogP contribution is 2.35. The Morgan fingerprint density at radius 3 is 2.76 bits per heavy atom. The highest BCUT2D eigenvalue weighted by atomic mass is 16.3. The molecule has 0 aromatic heterocycles. The molecule has 0 bridgehead atoms. The van der Waals surface area contributed by atoms with Crippen molar-refractivity contribution in [1.82, 2.24) is 10.2 Å². The summed E-state index contributed by atoms with van der Waals surface area (Å²) in [7, 11) is 0. The van der Waals surface area contributed by atoms with Crippen molar-refractivity contribution in [2.75, 3.05) is 13.2 Å². The largest absolute Gasteiger partial charge is 0.396 e. The van der Waals surface area contributed by atoms with E-state index in [4.69, 9.17) is 5.11 Å². The first-order valence-corrected chi connectivity index (χ1v) is 7.70. The normalized spacial score (nSPS) is 17.4. The standard InChI is InChI=1S/C17H26N2O2/c1-17(2,3)18-16(21)19(11-6-12-20)15-10-9-13-7-4-5-8-14(13)15/h4-5,7-8,15,20H,6,9-12H2,1-3H3,(H,18,21). The zero-order valence-electron chi connectivity index (χ0n) is 13.2. The van der Waals surface area contributed by atoms with Gasteiger partial charge < -0.3 is 15.3 Å². The number of amides is 2. The van der Waals surface area contributed by atoms with Crippen LogP contribution in [-0.2, 0) is 6.42 Å². The van der Waals surface area contributed by atoms with Gasteiger partial charge in [0.1, 0.15) is 0 Å². The summed E-state index contributed by atoms with van der Waals surface area (Å²) in [5.41, 5.74) is 2.33. The minimum Gasteiger partial charge on any atom is -0.396 e. The zero-order valence-corrected chi connectivity index (χ0v) is 13.2. The molecular formula is C17H26N2O2. The first kappa shape index (κ1) is 15.8. The van der Waals surface area contributed by atoms with Gasteiger partial charge in [0, 0.05) is 18.7 Å². The molecule has 0 saturated heterocycles. The second kappa shape index (κ2) is 6.48. The lowest BCUT2D eigenvalue weighted by molar-refractivity contribution is 0.157. The van der Waals surface area contributed by atoms with Gasteiger partial charge in [-0.3, -0.25) is 0 Å². The summed E-state index contributed by atoms with van der Waals surface area (Å²) < 4.78 is 0. The summed E-state index contributed by atoms with van der Waals surface area (Å²) in [4.78, 5) is 14.5. The third-order valence-electron chi connectivity index (χ3n) is 3.78. The third-order valence-corrected chi connectivity index (χ3v) is 3.78. The molecule has 1 aliphatic carbocycles. The predicted octanol–water partition coefficient (Wildman–Crippen LogP) is 2.87. The van der Waals surface area contributed by atoms with Crippen molar-refractivity contribution in [3.63, 3.8) is 0 Å². The zero-order chi connectivity index (χ0) is 15.5. The number of hydrogen-bond donors (Lipinski definition) is 2. The van der Waals surface area contributed by atoms with Crippen LogP contribution in [0, 0.1) is 0 Å². The molecule has 1 aromatic rings. The second-order valence-corrected chi connectivity index (χ2v) is 6.70. The van der Waals surface area contributed by atoms with Crippen LogP contribution in [0.15, 0.2) is 24.3 Å². The van der Waals surface area contributed by atoms with Crippen LogP contribution in [0.3, 0.4) is 0 Å². The summed E-state index contributed by atoms with van der Waals surface area (Å²) >= 11 is 0. The Labute approximate surface area is 127 Å². The van der Waals surface area contributed by atoms with E-state index in [-0.39, 0.29) is 24.2 Å². The maximum Gasteiger partial charge on any atom is 0.318 e. The van der Waals surface area contributed by atoms with Crippen LogP contribution in [0.25, 0.3) is 0 Å². The van der Waals surface area contributed by atoms with Crippen LogP contribution in [0.1, 0.15) is 50.8 Å². The van der Waals surface area contributed by atoms with Gasteiger partial charge in [0.2, 0.25) is 0 Å². The van der Waals surface area contributed by atoms with Crippen molar-refractivity contribution >= 4 is 6.03 Å². The van der Waals surface area contributed by atoms with Crippen LogP contribution in [0.2, 0.25) is 0 Å². The molecule has 0 heterocycles. The Morgan fingerprint density at radius 2 is 2.10 bits per heavy atom. The fraction of sp³-hybridized carbons (Fsp3) is 0.588. The van der Waals surface area contributed by atoms with Gasteiger partial charge >= 0.3 is 6.03 Å². The Balaban J connectivity index is 2.19. The molecule has 4 nitrogen and oxygen atoms in total. The summed E-state index contributed by atoms with van der Waals surface area (Å²) in [6.07, 6.45) is 2.58. The maximum atomic E-state index is 12.6. The molecule has 0 fully saturated rings. The average Bonchev–Trinajstić information content (AvgIpc) is 2.81. The summed E-state index contributed by atoms with van der Waals surface area (Å²) in [5.74, 6) is 0. The van der Waals surface area contributed by atoms with Crippen molar-refractivity contribution in [3.05, 3.63) is 35.4 Å². The number of hydrogen-bond acceptors (Lipinski definition) is 2. The smallest absolute Gasteiger partial charge is 0.318 e. The van der Waals surface area contributed by atoms with Crippen LogP contribution < -0.4 is 5.32 Å². The molecule has 1 aliphatic rings. The van der Waals surface area contributed by atoms with Gasteiger partial charge in [0.25, 0.3) is 0 Å². The highest BCUT2D eigenvalue weighted by molar-refractivity contribution is 5.75. The van der Waals surface area contributed by atoms with Gasteiger partial charge in [0.05, 0.1) is 6.04 Å². The van der Waals surface area contributed by atoms with E-state index in [1.165, 1.54) is 11.1 Å². The Morgan fingerprint density at radius 1 is 1.38 bits per heavy atom. The van der Waals surface area contributed by atoms with Gasteiger partial charge in [-0.2, -0.15) is 0 Å². The number of aryl methyl sites for hydroxylation is 1. The molecule has 4 heteroatoms. The summed E-state index contributed by atoms with van der Waals surface area (Å²) in [5, 5.41) is 12.2. The summed E-state index contributed by atoms with van der Waals surface area (Å²) in [6.45, 7) is 6.64. The van der Waals surface area contributed by atoms with Crippen molar-refractivity contribution < 1.29 is 9.90 Å². The molecule has 2 N–H and O–H groups in total. The fourth-order valence-corrected chi connectivity index (χ4v) is 2.89. The molecule has 2 rings (SSSR count). The van der Waals surface area contributed by atoms with Gasteiger partial charge in [-0.1, -0.05) is 24.3 Å². The summed E-state index contributed by atoms with van der Waals surface area (Å²) in [6, 6.07) is 8.41. The van der Waals surface area contributed by atoms with E-state index in [0.29, 0.717) is 13.0 Å². The lowest BCUT2D eigenvalue weighted by Crippen LogP contribution is -2.49. The number of carbonyl (C=O) groups excluding carboxylic acids is 1. The average molecular weight is 290 g/mol. The van der Waals surface area contributed by atoms with Crippen LogP contribution in [0.4, 0.5) is 4.79 Å². The van der Waals surface area contributed by atoms with E-state index < -0.39 is 0 Å². The molecule has 0 spiro atoms. The Hall–Kier alpha value is -1.55. The highest BCUT2D eigenvalue weighted by Gasteiger charge is 2.31. The number of aliphatic hydroxyl groups excluding tert-OH is 1. The minimum atomic E-state index is -0.257. The number of benzene rings is 1. The number of nitrogens with zero attached hydrogens (tertiary/aromatic N) is 1. The van der Waals surface area contributed by atoms with Crippen LogP contribution in [0.5, 0.6) is 0 Å². The van der Waals surface area contributed by atoms with E-state index in [0.717, 1.165) is 12.8 Å². The Kier molecular flexibility index (Phi) is 4.88. The van der Waals surface area contributed by atoms with Crippen molar-refractivity contribution in [2.45, 2.75) is 51.6 Å². The maximum absolute atomic E-state index is 12.6. The molecule has 116 valence electrons. The minimum absolute atomic E-state index is 0.0438. The number of aliphatic hydroxyl groups is 1. The third kappa shape index (κ3) is 3.97. The molecule has 21 heavy (non-hydrogen) atoms. The van der Waals surface area contributed by atoms with E-state index >= 15 is 0 Å². The van der Waals surface area contributed by atoms with E-state index in [1.807, 2.05) is 31.7 Å². The first-order chi connectivity index (χ1) is 9.92. The number of urea groups is 1. The molecule has 0 radical (unpaired) electrons. The molecule has 0 aliphatic heterocycles. The van der Waals surface area contributed by atoms with Crippen molar-refractivity contribution in [2.24, 2.45) is 0 Å². The first-order valence-electron chi connectivity index (χ1n) is 7.70. The molecular weight excluding hydrogens is 264 g/mol. The van der Waals surface area contributed by atoms with Gasteiger partial charge in [0.15, 0.2) is 0 Å². The van der Waals surface area contributed by atoms with Gasteiger partial charge in [-0.15, -0.1) is 0 Å². The lowest BCUT2D eigenvalue weighted by Gasteiger charge is -2.33. The fourth-order valence-electron chi connectivity index (χ4n) is 2.89. The number of rotatable bonds is 4. The number of carbonyl (C=O) groups is 1. The quantitative estimate of drug-likeness (QED) is 0.896.